The van der Waals surface area contributed by atoms with Crippen molar-refractivity contribution < 1.29 is 9.18 Å². The van der Waals surface area contributed by atoms with E-state index in [1.807, 2.05) is 38.4 Å². The van der Waals surface area contributed by atoms with Gasteiger partial charge in [0.1, 0.15) is 11.6 Å². The molecule has 2 aliphatic heterocycles. The number of likely N-dealkylation sites (N-methyl/N-ethyl adjacent to an activating group) is 1. The molecule has 0 radical (unpaired) electrons. The van der Waals surface area contributed by atoms with Crippen LogP contribution in [0.15, 0.2) is 48.7 Å². The van der Waals surface area contributed by atoms with Crippen LogP contribution < -0.4 is 4.90 Å². The molecule has 1 aromatic carbocycles. The van der Waals surface area contributed by atoms with Crippen molar-refractivity contribution in [1.29, 1.82) is 0 Å². The van der Waals surface area contributed by atoms with Crippen LogP contribution in [0, 0.1) is 11.7 Å². The zero-order chi connectivity index (χ0) is 23.2. The molecule has 2 saturated heterocycles. The molecule has 2 aliphatic rings. The quantitative estimate of drug-likeness (QED) is 0.645. The first-order valence-electron chi connectivity index (χ1n) is 12.1. The Kier molecular flexibility index (Phi) is 7.93. The summed E-state index contributed by atoms with van der Waals surface area (Å²) in [6, 6.07) is 12.4. The lowest BCUT2D eigenvalue weighted by Crippen LogP contribution is -2.52. The van der Waals surface area contributed by atoms with Gasteiger partial charge in [-0.3, -0.25) is 14.6 Å². The summed E-state index contributed by atoms with van der Waals surface area (Å²) in [6.07, 6.45) is 4.21. The molecule has 2 aromatic rings. The van der Waals surface area contributed by atoms with Gasteiger partial charge >= 0.3 is 0 Å². The number of hydrogen-bond donors (Lipinski definition) is 0. The van der Waals surface area contributed by atoms with Gasteiger partial charge in [0, 0.05) is 59.1 Å². The predicted octanol–water partition coefficient (Wildman–Crippen LogP) is 3.10. The van der Waals surface area contributed by atoms with Gasteiger partial charge in [0.05, 0.1) is 6.04 Å². The SMILES string of the molecule is CC(C(=O)N(C)Cc1cccc(F)c1)N1CCCC(CN2CCN(c3ccccn3)CC2)C1. The molecule has 7 heteroatoms. The molecule has 0 aliphatic carbocycles. The van der Waals surface area contributed by atoms with Crippen molar-refractivity contribution in [2.24, 2.45) is 5.92 Å². The van der Waals surface area contributed by atoms with Gasteiger partial charge in [-0.2, -0.15) is 0 Å². The van der Waals surface area contributed by atoms with Crippen molar-refractivity contribution >= 4 is 11.7 Å². The minimum absolute atomic E-state index is 0.101. The van der Waals surface area contributed by atoms with Crippen molar-refractivity contribution in [2.45, 2.75) is 32.4 Å². The van der Waals surface area contributed by atoms with E-state index >= 15 is 0 Å². The lowest BCUT2D eigenvalue weighted by atomic mass is 9.95. The van der Waals surface area contributed by atoms with Crippen molar-refractivity contribution in [3.63, 3.8) is 0 Å². The van der Waals surface area contributed by atoms with Gasteiger partial charge in [-0.05, 0) is 62.1 Å². The third kappa shape index (κ3) is 6.30. The highest BCUT2D eigenvalue weighted by molar-refractivity contribution is 5.81. The third-order valence-electron chi connectivity index (χ3n) is 7.00. The van der Waals surface area contributed by atoms with E-state index in [2.05, 4.69) is 25.8 Å². The molecule has 3 heterocycles. The van der Waals surface area contributed by atoms with Crippen LogP contribution in [0.1, 0.15) is 25.3 Å². The Bertz CT molecular complexity index is 903. The number of carbonyl (C=O) groups is 1. The second-order valence-corrected chi connectivity index (χ2v) is 9.48. The average molecular weight is 454 g/mol. The zero-order valence-corrected chi connectivity index (χ0v) is 19.9. The number of aromatic nitrogens is 1. The fraction of sp³-hybridized carbons (Fsp3) is 0.538. The molecule has 2 atom stereocenters. The summed E-state index contributed by atoms with van der Waals surface area (Å²) in [5, 5.41) is 0. The number of nitrogens with zero attached hydrogens (tertiary/aromatic N) is 5. The maximum absolute atomic E-state index is 13.5. The Morgan fingerprint density at radius 2 is 1.97 bits per heavy atom. The molecule has 2 fully saturated rings. The van der Waals surface area contributed by atoms with E-state index < -0.39 is 0 Å². The largest absolute Gasteiger partial charge is 0.354 e. The number of anilines is 1. The van der Waals surface area contributed by atoms with Crippen LogP contribution in [0.5, 0.6) is 0 Å². The Morgan fingerprint density at radius 3 is 2.70 bits per heavy atom. The number of rotatable bonds is 7. The highest BCUT2D eigenvalue weighted by Crippen LogP contribution is 2.22. The number of piperazine rings is 1. The van der Waals surface area contributed by atoms with Gasteiger partial charge in [0.15, 0.2) is 0 Å². The lowest BCUT2D eigenvalue weighted by Gasteiger charge is -2.41. The first kappa shape index (κ1) is 23.6. The van der Waals surface area contributed by atoms with Crippen LogP contribution in [-0.2, 0) is 11.3 Å². The minimum Gasteiger partial charge on any atom is -0.354 e. The highest BCUT2D eigenvalue weighted by Gasteiger charge is 2.30. The number of pyridine rings is 1. The Hall–Kier alpha value is -2.51. The van der Waals surface area contributed by atoms with Gasteiger partial charge in [-0.15, -0.1) is 0 Å². The van der Waals surface area contributed by atoms with E-state index in [0.29, 0.717) is 12.5 Å². The van der Waals surface area contributed by atoms with Crippen molar-refractivity contribution in [3.05, 3.63) is 60.0 Å². The first-order chi connectivity index (χ1) is 16.0. The molecule has 33 heavy (non-hydrogen) atoms. The maximum atomic E-state index is 13.5. The van der Waals surface area contributed by atoms with E-state index in [-0.39, 0.29) is 17.8 Å². The molecule has 6 nitrogen and oxygen atoms in total. The second kappa shape index (κ2) is 11.1. The number of halogens is 1. The fourth-order valence-electron chi connectivity index (χ4n) is 5.13. The number of amides is 1. The minimum atomic E-state index is -0.263. The molecule has 178 valence electrons. The smallest absolute Gasteiger partial charge is 0.239 e. The van der Waals surface area contributed by atoms with E-state index in [1.54, 1.807) is 11.0 Å². The van der Waals surface area contributed by atoms with E-state index in [9.17, 15) is 9.18 Å². The topological polar surface area (TPSA) is 42.9 Å². The van der Waals surface area contributed by atoms with Gasteiger partial charge in [0.25, 0.3) is 0 Å². The van der Waals surface area contributed by atoms with Gasteiger partial charge in [-0.25, -0.2) is 9.37 Å². The van der Waals surface area contributed by atoms with E-state index in [4.69, 9.17) is 0 Å². The average Bonchev–Trinajstić information content (AvgIpc) is 2.84. The van der Waals surface area contributed by atoms with Crippen LogP contribution in [0.2, 0.25) is 0 Å². The Morgan fingerprint density at radius 1 is 1.15 bits per heavy atom. The summed E-state index contributed by atoms with van der Waals surface area (Å²) < 4.78 is 13.5. The van der Waals surface area contributed by atoms with Crippen molar-refractivity contribution in [2.75, 3.05) is 57.8 Å². The monoisotopic (exact) mass is 453 g/mol. The normalized spacial score (nSPS) is 21.1. The summed E-state index contributed by atoms with van der Waals surface area (Å²) >= 11 is 0. The highest BCUT2D eigenvalue weighted by atomic mass is 19.1. The zero-order valence-electron chi connectivity index (χ0n) is 19.9. The summed E-state index contributed by atoms with van der Waals surface area (Å²) in [6.45, 7) is 9.58. The number of benzene rings is 1. The molecular weight excluding hydrogens is 417 g/mol. The van der Waals surface area contributed by atoms with Crippen LogP contribution in [0.3, 0.4) is 0 Å². The fourth-order valence-corrected chi connectivity index (χ4v) is 5.13. The maximum Gasteiger partial charge on any atom is 0.239 e. The summed E-state index contributed by atoms with van der Waals surface area (Å²) in [7, 11) is 1.81. The summed E-state index contributed by atoms with van der Waals surface area (Å²) in [4.78, 5) is 26.5. The van der Waals surface area contributed by atoms with E-state index in [1.165, 1.54) is 18.6 Å². The molecule has 1 aromatic heterocycles. The standard InChI is InChI=1S/C26H36FN5O/c1-21(26(33)29(2)18-22-7-5-9-24(27)17-22)32-12-6-8-23(20-32)19-30-13-15-31(16-14-30)25-10-3-4-11-28-25/h3-5,7,9-11,17,21,23H,6,8,12-16,18-20H2,1-2H3. The van der Waals surface area contributed by atoms with Crippen LogP contribution in [-0.4, -0.2) is 84.5 Å². The molecule has 1 amide bonds. The van der Waals surface area contributed by atoms with Crippen LogP contribution >= 0.6 is 0 Å². The number of likely N-dealkylation sites (tertiary alicyclic amines) is 1. The molecule has 0 N–H and O–H groups in total. The third-order valence-corrected chi connectivity index (χ3v) is 7.00. The van der Waals surface area contributed by atoms with Gasteiger partial charge in [-0.1, -0.05) is 18.2 Å². The molecule has 2 unspecified atom stereocenters. The van der Waals surface area contributed by atoms with Crippen LogP contribution in [0.25, 0.3) is 0 Å². The van der Waals surface area contributed by atoms with Gasteiger partial charge in [0.2, 0.25) is 5.91 Å². The molecule has 0 spiro atoms. The molecular formula is C26H36FN5O. The van der Waals surface area contributed by atoms with E-state index in [0.717, 1.165) is 63.6 Å². The van der Waals surface area contributed by atoms with Crippen molar-refractivity contribution in [1.82, 2.24) is 19.7 Å². The van der Waals surface area contributed by atoms with Crippen LogP contribution in [0.4, 0.5) is 10.2 Å². The second-order valence-electron chi connectivity index (χ2n) is 9.48. The lowest BCUT2D eigenvalue weighted by molar-refractivity contribution is -0.136. The molecule has 4 rings (SSSR count). The Labute approximate surface area is 197 Å². The number of hydrogen-bond acceptors (Lipinski definition) is 5. The summed E-state index contributed by atoms with van der Waals surface area (Å²) in [5.41, 5.74) is 0.819. The summed E-state index contributed by atoms with van der Waals surface area (Å²) in [5.74, 6) is 1.49. The molecule has 0 bridgehead atoms. The number of carbonyl (C=O) groups excluding carboxylic acids is 1. The molecule has 0 saturated carbocycles. The Balaban J connectivity index is 1.25. The van der Waals surface area contributed by atoms with Crippen molar-refractivity contribution in [3.8, 4) is 0 Å². The van der Waals surface area contributed by atoms with Gasteiger partial charge < -0.3 is 9.80 Å². The predicted molar refractivity (Wildman–Crippen MR) is 130 cm³/mol. The first-order valence-corrected chi connectivity index (χ1v) is 12.1. The number of piperidine rings is 1.